The molecule has 13 heteroatoms. The van der Waals surface area contributed by atoms with E-state index in [0.29, 0.717) is 25.1 Å². The van der Waals surface area contributed by atoms with Crippen molar-refractivity contribution in [3.8, 4) is 0 Å². The molecule has 4 atom stereocenters. The summed E-state index contributed by atoms with van der Waals surface area (Å²) in [6, 6.07) is 5.08. The van der Waals surface area contributed by atoms with Crippen LogP contribution in [0.1, 0.15) is 31.7 Å². The van der Waals surface area contributed by atoms with Gasteiger partial charge in [0.05, 0.1) is 6.04 Å². The molecule has 36 heavy (non-hydrogen) atoms. The Morgan fingerprint density at radius 1 is 0.972 bits per heavy atom. The molecule has 0 aliphatic rings. The Balaban J connectivity index is 2.96. The zero-order valence-corrected chi connectivity index (χ0v) is 21.4. The lowest BCUT2D eigenvalue weighted by molar-refractivity contribution is -0.141. The second-order valence-corrected chi connectivity index (χ2v) is 9.20. The number of amides is 3. The number of nitrogens with one attached hydrogen (secondary N) is 3. The van der Waals surface area contributed by atoms with Crippen molar-refractivity contribution in [3.63, 3.8) is 0 Å². The molecule has 1 rings (SSSR count). The second kappa shape index (κ2) is 16.4. The lowest BCUT2D eigenvalue weighted by Crippen LogP contribution is -2.57. The highest BCUT2D eigenvalue weighted by molar-refractivity contribution is 7.98. The largest absolute Gasteiger partial charge is 0.480 e. The number of nitrogens with two attached hydrogens (primary N) is 3. The molecule has 0 radical (unpaired) electrons. The van der Waals surface area contributed by atoms with E-state index in [1.54, 1.807) is 0 Å². The van der Waals surface area contributed by atoms with Crippen LogP contribution >= 0.6 is 11.8 Å². The van der Waals surface area contributed by atoms with Crippen LogP contribution in [0, 0.1) is 0 Å². The number of thioether (sulfide) groups is 1. The molecule has 0 fully saturated rings. The quantitative estimate of drug-likeness (QED) is 0.0795. The van der Waals surface area contributed by atoms with Crippen LogP contribution < -0.4 is 33.2 Å². The van der Waals surface area contributed by atoms with Gasteiger partial charge in [-0.3, -0.25) is 24.2 Å². The van der Waals surface area contributed by atoms with Crippen LogP contribution in [0.4, 0.5) is 0 Å². The van der Waals surface area contributed by atoms with E-state index in [2.05, 4.69) is 20.9 Å². The number of hydrogen-bond donors (Lipinski definition) is 7. The van der Waals surface area contributed by atoms with Crippen molar-refractivity contribution < 1.29 is 24.3 Å². The van der Waals surface area contributed by atoms with Crippen molar-refractivity contribution in [2.24, 2.45) is 22.2 Å². The molecule has 0 heterocycles. The van der Waals surface area contributed by atoms with Gasteiger partial charge in [-0.15, -0.1) is 0 Å². The molecule has 0 saturated heterocycles. The first-order chi connectivity index (χ1) is 17.0. The van der Waals surface area contributed by atoms with Gasteiger partial charge in [0.2, 0.25) is 17.7 Å². The second-order valence-electron chi connectivity index (χ2n) is 8.22. The average molecular weight is 524 g/mol. The maximum atomic E-state index is 13.2. The number of hydrogen-bond acceptors (Lipinski definition) is 7. The van der Waals surface area contributed by atoms with Gasteiger partial charge in [-0.25, -0.2) is 0 Å². The predicted molar refractivity (Wildman–Crippen MR) is 140 cm³/mol. The summed E-state index contributed by atoms with van der Waals surface area (Å²) >= 11 is 1.48. The summed E-state index contributed by atoms with van der Waals surface area (Å²) in [4.78, 5) is 53.6. The van der Waals surface area contributed by atoms with Gasteiger partial charge in [0.1, 0.15) is 18.1 Å². The fourth-order valence-electron chi connectivity index (χ4n) is 3.14. The Labute approximate surface area is 215 Å². The van der Waals surface area contributed by atoms with Gasteiger partial charge in [0, 0.05) is 13.0 Å². The third-order valence-corrected chi connectivity index (χ3v) is 5.84. The lowest BCUT2D eigenvalue weighted by atomic mass is 10.0. The van der Waals surface area contributed by atoms with Crippen molar-refractivity contribution in [2.45, 2.75) is 56.8 Å². The fourth-order valence-corrected chi connectivity index (χ4v) is 3.61. The molecule has 0 aliphatic carbocycles. The first-order valence-corrected chi connectivity index (χ1v) is 12.9. The minimum absolute atomic E-state index is 0.0505. The van der Waals surface area contributed by atoms with Crippen molar-refractivity contribution in [3.05, 3.63) is 35.9 Å². The molecular weight excluding hydrogens is 486 g/mol. The van der Waals surface area contributed by atoms with Crippen LogP contribution in [-0.2, 0) is 25.6 Å². The number of guanidine groups is 1. The molecule has 0 aromatic heterocycles. The third kappa shape index (κ3) is 11.9. The number of carboxylic acids is 1. The molecule has 1 aromatic rings. The normalized spacial score (nSPS) is 14.0. The summed E-state index contributed by atoms with van der Waals surface area (Å²) in [5, 5.41) is 16.8. The molecule has 0 spiro atoms. The van der Waals surface area contributed by atoms with Gasteiger partial charge < -0.3 is 38.3 Å². The molecule has 12 nitrogen and oxygen atoms in total. The molecule has 10 N–H and O–H groups in total. The van der Waals surface area contributed by atoms with E-state index in [1.807, 2.05) is 36.6 Å². The number of rotatable bonds is 16. The summed E-state index contributed by atoms with van der Waals surface area (Å²) < 4.78 is 0. The summed E-state index contributed by atoms with van der Waals surface area (Å²) in [5.74, 6) is -2.42. The van der Waals surface area contributed by atoms with E-state index < -0.39 is 47.9 Å². The topological polar surface area (TPSA) is 215 Å². The van der Waals surface area contributed by atoms with Crippen molar-refractivity contribution >= 4 is 41.4 Å². The number of benzene rings is 1. The first kappa shape index (κ1) is 30.7. The van der Waals surface area contributed by atoms with E-state index in [4.69, 9.17) is 22.3 Å². The van der Waals surface area contributed by atoms with Gasteiger partial charge in [0.15, 0.2) is 5.96 Å². The van der Waals surface area contributed by atoms with Gasteiger partial charge in [-0.1, -0.05) is 30.3 Å². The summed E-state index contributed by atoms with van der Waals surface area (Å²) in [7, 11) is 0. The average Bonchev–Trinajstić information content (AvgIpc) is 2.83. The van der Waals surface area contributed by atoms with Gasteiger partial charge in [0.25, 0.3) is 0 Å². The van der Waals surface area contributed by atoms with Crippen LogP contribution in [0.2, 0.25) is 0 Å². The zero-order chi connectivity index (χ0) is 27.1. The Hall–Kier alpha value is -3.32. The molecular formula is C23H37N7O5S. The number of aliphatic carboxylic acids is 1. The Morgan fingerprint density at radius 3 is 2.17 bits per heavy atom. The third-order valence-electron chi connectivity index (χ3n) is 5.19. The van der Waals surface area contributed by atoms with Crippen molar-refractivity contribution in [1.82, 2.24) is 16.0 Å². The zero-order valence-electron chi connectivity index (χ0n) is 20.6. The number of carboxylic acid groups (broad SMARTS) is 1. The minimum Gasteiger partial charge on any atom is -0.480 e. The Kier molecular flexibility index (Phi) is 14.0. The maximum absolute atomic E-state index is 13.2. The summed E-state index contributed by atoms with van der Waals surface area (Å²) in [6.45, 7) is 1.65. The highest BCUT2D eigenvalue weighted by Crippen LogP contribution is 2.07. The smallest absolute Gasteiger partial charge is 0.325 e. The standard InChI is InChI=1S/C23H37N7O5S/c1-14(22(34)35)28-20(32)17(10-12-36-2)29-21(33)18(13-15-7-4-3-5-8-15)30-19(31)16(24)9-6-11-27-23(25)26/h3-5,7-8,14,16-18H,6,9-13,24H2,1-2H3,(H,28,32)(H,29,33)(H,30,31)(H,34,35)(H4,25,26,27). The predicted octanol–water partition coefficient (Wildman–Crippen LogP) is -1.08. The van der Waals surface area contributed by atoms with E-state index in [0.717, 1.165) is 5.56 Å². The minimum atomic E-state index is -1.19. The van der Waals surface area contributed by atoms with Gasteiger partial charge in [-0.05, 0) is 43.8 Å². The highest BCUT2D eigenvalue weighted by Gasteiger charge is 2.29. The Morgan fingerprint density at radius 2 is 1.58 bits per heavy atom. The van der Waals surface area contributed by atoms with E-state index in [9.17, 15) is 19.2 Å². The van der Waals surface area contributed by atoms with Crippen LogP contribution in [0.5, 0.6) is 0 Å². The first-order valence-electron chi connectivity index (χ1n) is 11.5. The van der Waals surface area contributed by atoms with Crippen LogP contribution in [0.25, 0.3) is 0 Å². The molecule has 4 unspecified atom stereocenters. The molecule has 0 aliphatic heterocycles. The fraction of sp³-hybridized carbons (Fsp3) is 0.522. The number of carbonyl (C=O) groups excluding carboxylic acids is 3. The lowest BCUT2D eigenvalue weighted by Gasteiger charge is -2.25. The molecule has 200 valence electrons. The van der Waals surface area contributed by atoms with Crippen LogP contribution in [0.3, 0.4) is 0 Å². The number of nitrogens with zero attached hydrogens (tertiary/aromatic N) is 1. The molecule has 3 amide bonds. The highest BCUT2D eigenvalue weighted by atomic mass is 32.2. The number of carbonyl (C=O) groups is 4. The van der Waals surface area contributed by atoms with Crippen molar-refractivity contribution in [1.29, 1.82) is 0 Å². The summed E-state index contributed by atoms with van der Waals surface area (Å²) in [6.07, 6.45) is 3.07. The van der Waals surface area contributed by atoms with Crippen LogP contribution in [0.15, 0.2) is 35.3 Å². The number of aliphatic imine (C=N–C) groups is 1. The maximum Gasteiger partial charge on any atom is 0.325 e. The molecule has 0 saturated carbocycles. The SMILES string of the molecule is CSCCC(NC(=O)C(Cc1ccccc1)NC(=O)C(N)CCCN=C(N)N)C(=O)NC(C)C(=O)O. The summed E-state index contributed by atoms with van der Waals surface area (Å²) in [5.41, 5.74) is 17.4. The van der Waals surface area contributed by atoms with Crippen LogP contribution in [-0.4, -0.2) is 77.5 Å². The molecule has 1 aromatic carbocycles. The van der Waals surface area contributed by atoms with E-state index >= 15 is 0 Å². The van der Waals surface area contributed by atoms with E-state index in [1.165, 1.54) is 18.7 Å². The van der Waals surface area contributed by atoms with Gasteiger partial charge in [-0.2, -0.15) is 11.8 Å². The Bertz CT molecular complexity index is 896. The van der Waals surface area contributed by atoms with E-state index in [-0.39, 0.29) is 18.8 Å². The monoisotopic (exact) mass is 523 g/mol. The van der Waals surface area contributed by atoms with Crippen molar-refractivity contribution in [2.75, 3.05) is 18.6 Å². The molecule has 0 bridgehead atoms. The van der Waals surface area contributed by atoms with Gasteiger partial charge >= 0.3 is 5.97 Å².